The van der Waals surface area contributed by atoms with Crippen molar-refractivity contribution in [2.45, 2.75) is 44.2 Å². The van der Waals surface area contributed by atoms with Crippen LogP contribution in [-0.4, -0.2) is 81.4 Å². The Labute approximate surface area is 241 Å². The third-order valence-electron chi connectivity index (χ3n) is 9.24. The van der Waals surface area contributed by atoms with Gasteiger partial charge < -0.3 is 20.7 Å². The predicted octanol–water partition coefficient (Wildman–Crippen LogP) is 4.58. The minimum atomic E-state index is 0.314. The summed E-state index contributed by atoms with van der Waals surface area (Å²) in [5, 5.41) is 9.47. The summed E-state index contributed by atoms with van der Waals surface area (Å²) in [4.78, 5) is 14.4. The second-order valence-corrected chi connectivity index (χ2v) is 11.8. The molecule has 41 heavy (non-hydrogen) atoms. The van der Waals surface area contributed by atoms with Crippen LogP contribution in [0.25, 0.3) is 22.3 Å². The monoisotopic (exact) mass is 552 g/mol. The quantitative estimate of drug-likeness (QED) is 0.344. The van der Waals surface area contributed by atoms with Crippen molar-refractivity contribution < 1.29 is 4.74 Å². The standard InChI is InChI=1S/C32H40N8O/c33-31-29-30(24-6-12-28(13-7-24)41-27-4-2-1-3-5-27)37-40(32(29)36-22-35-31)26-10-8-25(9-11-26)39-18-16-38(17-19-39)21-23-14-15-34-20-23/h1-7,12-13,22-23,25-26,34H,8-11,14-21H2,(H2,33,35,36). The first-order valence-corrected chi connectivity index (χ1v) is 15.2. The van der Waals surface area contributed by atoms with E-state index in [1.807, 2.05) is 54.6 Å². The number of aromatic nitrogens is 4. The number of piperazine rings is 1. The molecule has 1 unspecified atom stereocenters. The van der Waals surface area contributed by atoms with Crippen molar-refractivity contribution in [3.05, 3.63) is 60.9 Å². The minimum Gasteiger partial charge on any atom is -0.457 e. The van der Waals surface area contributed by atoms with Gasteiger partial charge in [-0.05, 0) is 87.5 Å². The third-order valence-corrected chi connectivity index (χ3v) is 9.24. The van der Waals surface area contributed by atoms with Gasteiger partial charge >= 0.3 is 0 Å². The van der Waals surface area contributed by atoms with Gasteiger partial charge in [0, 0.05) is 44.3 Å². The Bertz CT molecular complexity index is 1430. The summed E-state index contributed by atoms with van der Waals surface area (Å²) >= 11 is 0. The zero-order valence-electron chi connectivity index (χ0n) is 23.7. The normalized spacial score (nSPS) is 24.1. The Morgan fingerprint density at radius 1 is 0.829 bits per heavy atom. The summed E-state index contributed by atoms with van der Waals surface area (Å²) in [7, 11) is 0. The van der Waals surface area contributed by atoms with Crippen molar-refractivity contribution in [2.75, 3.05) is 51.5 Å². The van der Waals surface area contributed by atoms with Gasteiger partial charge in [-0.1, -0.05) is 18.2 Å². The molecule has 0 spiro atoms. The van der Waals surface area contributed by atoms with Crippen LogP contribution < -0.4 is 15.8 Å². The van der Waals surface area contributed by atoms with E-state index in [1.165, 1.54) is 65.1 Å². The van der Waals surface area contributed by atoms with Gasteiger partial charge in [-0.2, -0.15) is 5.10 Å². The predicted molar refractivity (Wildman–Crippen MR) is 162 cm³/mol. The molecule has 4 heterocycles. The summed E-state index contributed by atoms with van der Waals surface area (Å²) < 4.78 is 8.12. The van der Waals surface area contributed by atoms with Gasteiger partial charge in [0.1, 0.15) is 29.3 Å². The number of rotatable bonds is 7. The molecule has 2 aromatic carbocycles. The zero-order chi connectivity index (χ0) is 27.6. The Kier molecular flexibility index (Phi) is 7.56. The van der Waals surface area contributed by atoms with Crippen LogP contribution in [0.1, 0.15) is 38.1 Å². The van der Waals surface area contributed by atoms with E-state index in [-0.39, 0.29) is 0 Å². The van der Waals surface area contributed by atoms with E-state index < -0.39 is 0 Å². The fourth-order valence-electron chi connectivity index (χ4n) is 6.97. The number of benzene rings is 2. The lowest BCUT2D eigenvalue weighted by atomic mass is 9.90. The Morgan fingerprint density at radius 3 is 2.29 bits per heavy atom. The van der Waals surface area contributed by atoms with Gasteiger partial charge in [0.05, 0.1) is 11.4 Å². The smallest absolute Gasteiger partial charge is 0.164 e. The summed E-state index contributed by atoms with van der Waals surface area (Å²) in [6.45, 7) is 8.43. The van der Waals surface area contributed by atoms with Crippen LogP contribution in [0.5, 0.6) is 11.5 Å². The SMILES string of the molecule is Nc1ncnc2c1c(-c1ccc(Oc3ccccc3)cc1)nn2C1CCC(N2CCN(CC3CCNC3)CC2)CC1. The molecule has 9 nitrogen and oxygen atoms in total. The van der Waals surface area contributed by atoms with E-state index in [4.69, 9.17) is 15.6 Å². The molecule has 2 aliphatic heterocycles. The van der Waals surface area contributed by atoms with Crippen molar-refractivity contribution in [2.24, 2.45) is 5.92 Å². The molecule has 3 N–H and O–H groups in total. The summed E-state index contributed by atoms with van der Waals surface area (Å²) in [6, 6.07) is 18.8. The summed E-state index contributed by atoms with van der Waals surface area (Å²) in [5.74, 6) is 2.90. The van der Waals surface area contributed by atoms with Crippen molar-refractivity contribution in [1.82, 2.24) is 34.9 Å². The highest BCUT2D eigenvalue weighted by atomic mass is 16.5. The fourth-order valence-corrected chi connectivity index (χ4v) is 6.97. The number of nitrogens with one attached hydrogen (secondary N) is 1. The first kappa shape index (κ1) is 26.4. The second-order valence-electron chi connectivity index (χ2n) is 11.8. The maximum Gasteiger partial charge on any atom is 0.164 e. The molecule has 1 aliphatic carbocycles. The first-order chi connectivity index (χ1) is 20.2. The molecule has 2 saturated heterocycles. The average Bonchev–Trinajstić information content (AvgIpc) is 3.68. The highest BCUT2D eigenvalue weighted by Crippen LogP contribution is 2.37. The largest absolute Gasteiger partial charge is 0.457 e. The number of fused-ring (bicyclic) bond motifs is 1. The molecule has 214 valence electrons. The van der Waals surface area contributed by atoms with E-state index >= 15 is 0 Å². The Hall–Kier alpha value is -3.53. The molecule has 7 rings (SSSR count). The molecular weight excluding hydrogens is 512 g/mol. The van der Waals surface area contributed by atoms with Crippen LogP contribution in [0.2, 0.25) is 0 Å². The first-order valence-electron chi connectivity index (χ1n) is 15.2. The molecular formula is C32H40N8O. The van der Waals surface area contributed by atoms with Crippen LogP contribution in [0.3, 0.4) is 0 Å². The second kappa shape index (κ2) is 11.8. The lowest BCUT2D eigenvalue weighted by Gasteiger charge is -2.42. The number of para-hydroxylation sites is 1. The van der Waals surface area contributed by atoms with Gasteiger partial charge in [-0.15, -0.1) is 0 Å². The summed E-state index contributed by atoms with van der Waals surface area (Å²) in [5.41, 5.74) is 9.05. The zero-order valence-corrected chi connectivity index (χ0v) is 23.7. The van der Waals surface area contributed by atoms with E-state index in [2.05, 4.69) is 29.8 Å². The van der Waals surface area contributed by atoms with E-state index in [0.717, 1.165) is 52.5 Å². The Balaban J connectivity index is 1.03. The number of hydrogen-bond donors (Lipinski definition) is 2. The topological polar surface area (TPSA) is 97.4 Å². The van der Waals surface area contributed by atoms with Crippen molar-refractivity contribution in [3.63, 3.8) is 0 Å². The van der Waals surface area contributed by atoms with Gasteiger partial charge in [0.2, 0.25) is 0 Å². The number of ether oxygens (including phenoxy) is 1. The maximum atomic E-state index is 6.41. The molecule has 1 saturated carbocycles. The average molecular weight is 553 g/mol. The van der Waals surface area contributed by atoms with Gasteiger partial charge in [0.25, 0.3) is 0 Å². The van der Waals surface area contributed by atoms with Crippen LogP contribution in [0, 0.1) is 5.92 Å². The molecule has 3 fully saturated rings. The number of nitrogens with two attached hydrogens (primary N) is 1. The molecule has 0 bridgehead atoms. The van der Waals surface area contributed by atoms with Crippen molar-refractivity contribution in [1.29, 1.82) is 0 Å². The molecule has 1 atom stereocenters. The highest BCUT2D eigenvalue weighted by molar-refractivity contribution is 5.98. The van der Waals surface area contributed by atoms with Crippen LogP contribution in [0.15, 0.2) is 60.9 Å². The maximum absolute atomic E-state index is 6.41. The molecule has 4 aromatic rings. The summed E-state index contributed by atoms with van der Waals surface area (Å²) in [6.07, 6.45) is 7.48. The van der Waals surface area contributed by atoms with Gasteiger partial charge in [-0.3, -0.25) is 4.90 Å². The van der Waals surface area contributed by atoms with Crippen LogP contribution in [-0.2, 0) is 0 Å². The molecule has 0 amide bonds. The minimum absolute atomic E-state index is 0.314. The van der Waals surface area contributed by atoms with E-state index in [1.54, 1.807) is 6.33 Å². The van der Waals surface area contributed by atoms with E-state index in [0.29, 0.717) is 17.9 Å². The lowest BCUT2D eigenvalue weighted by molar-refractivity contribution is 0.0650. The van der Waals surface area contributed by atoms with Crippen LogP contribution in [0.4, 0.5) is 5.82 Å². The number of nitrogen functional groups attached to an aromatic ring is 1. The number of anilines is 1. The highest BCUT2D eigenvalue weighted by Gasteiger charge is 2.31. The van der Waals surface area contributed by atoms with Crippen molar-refractivity contribution in [3.8, 4) is 22.8 Å². The van der Waals surface area contributed by atoms with Gasteiger partial charge in [-0.25, -0.2) is 14.6 Å². The van der Waals surface area contributed by atoms with Crippen LogP contribution >= 0.6 is 0 Å². The fraction of sp³-hybridized carbons (Fsp3) is 0.469. The lowest BCUT2D eigenvalue weighted by Crippen LogP contribution is -2.52. The molecule has 9 heteroatoms. The van der Waals surface area contributed by atoms with E-state index in [9.17, 15) is 0 Å². The molecule has 3 aliphatic rings. The third kappa shape index (κ3) is 5.66. The number of hydrogen-bond acceptors (Lipinski definition) is 8. The number of nitrogens with zero attached hydrogens (tertiary/aromatic N) is 6. The molecule has 0 radical (unpaired) electrons. The molecule has 2 aromatic heterocycles. The van der Waals surface area contributed by atoms with Crippen molar-refractivity contribution >= 4 is 16.9 Å². The van der Waals surface area contributed by atoms with Gasteiger partial charge in [0.15, 0.2) is 5.65 Å². The Morgan fingerprint density at radius 2 is 1.56 bits per heavy atom.